The maximum Gasteiger partial charge on any atom is 0.680 e. The van der Waals surface area contributed by atoms with Crippen LogP contribution in [-0.2, 0) is 17.7 Å². The Balaban J connectivity index is 2.74. The lowest BCUT2D eigenvalue weighted by Crippen LogP contribution is -2.55. The molecule has 1 saturated carbocycles. The molecule has 5 heteroatoms. The second-order valence-electron chi connectivity index (χ2n) is 5.96. The first-order chi connectivity index (χ1) is 8.91. The number of rotatable bonds is 7. The molecule has 1 aliphatic carbocycles. The molecule has 0 unspecified atom stereocenters. The van der Waals surface area contributed by atoms with Gasteiger partial charge in [0.15, 0.2) is 0 Å². The summed E-state index contributed by atoms with van der Waals surface area (Å²) >= 11 is 0. The van der Waals surface area contributed by atoms with Gasteiger partial charge in [-0.25, -0.2) is 0 Å². The predicted molar refractivity (Wildman–Crippen MR) is 77.8 cm³/mol. The molecule has 0 spiro atoms. The van der Waals surface area contributed by atoms with Crippen LogP contribution in [-0.4, -0.2) is 34.0 Å². The molecule has 114 valence electrons. The van der Waals surface area contributed by atoms with E-state index >= 15 is 0 Å². The molecular weight excluding hydrogens is 260 g/mol. The Morgan fingerprint density at radius 1 is 0.947 bits per heavy atom. The van der Waals surface area contributed by atoms with E-state index in [4.69, 9.17) is 17.7 Å². The summed E-state index contributed by atoms with van der Waals surface area (Å²) < 4.78 is 23.9. The van der Waals surface area contributed by atoms with E-state index in [9.17, 15) is 0 Å². The largest absolute Gasteiger partial charge is 0.680 e. The lowest BCUT2D eigenvalue weighted by Gasteiger charge is -2.36. The Bertz CT molecular complexity index is 240. The Hall–Kier alpha value is 0.0569. The van der Waals surface area contributed by atoms with E-state index in [0.717, 1.165) is 12.8 Å². The molecule has 0 aromatic carbocycles. The third kappa shape index (κ3) is 6.36. The summed E-state index contributed by atoms with van der Waals surface area (Å²) in [6, 6.07) is 0. The quantitative estimate of drug-likeness (QED) is 0.671. The average Bonchev–Trinajstić information content (AvgIpc) is 2.28. The van der Waals surface area contributed by atoms with E-state index in [0.29, 0.717) is 13.2 Å². The Morgan fingerprint density at radius 3 is 1.89 bits per heavy atom. The van der Waals surface area contributed by atoms with Crippen molar-refractivity contribution in [3.63, 3.8) is 0 Å². The van der Waals surface area contributed by atoms with Crippen LogP contribution in [0.3, 0.4) is 0 Å². The summed E-state index contributed by atoms with van der Waals surface area (Å²) in [4.78, 5) is 0. The first kappa shape index (κ1) is 17.1. The minimum atomic E-state index is -3.02. The van der Waals surface area contributed by atoms with Crippen LogP contribution in [0, 0.1) is 0 Å². The van der Waals surface area contributed by atoms with Crippen LogP contribution in [0.1, 0.15) is 66.7 Å². The highest BCUT2D eigenvalue weighted by Crippen LogP contribution is 2.28. The minimum Gasteiger partial charge on any atom is -0.351 e. The van der Waals surface area contributed by atoms with Crippen LogP contribution >= 0.6 is 0 Å². The molecule has 0 aliphatic heterocycles. The predicted octanol–water partition coefficient (Wildman–Crippen LogP) is 3.66. The fraction of sp³-hybridized carbons (Fsp3) is 1.00. The molecule has 0 aromatic rings. The van der Waals surface area contributed by atoms with E-state index in [2.05, 4.69) is 0 Å². The zero-order valence-corrected chi connectivity index (χ0v) is 14.2. The Morgan fingerprint density at radius 2 is 1.47 bits per heavy atom. The zero-order valence-electron chi connectivity index (χ0n) is 13.2. The first-order valence-corrected chi connectivity index (χ1v) is 9.20. The van der Waals surface area contributed by atoms with Crippen molar-refractivity contribution in [2.24, 2.45) is 0 Å². The van der Waals surface area contributed by atoms with Gasteiger partial charge in [0.05, 0.1) is 11.7 Å². The molecule has 0 N–H and O–H groups in total. The van der Waals surface area contributed by atoms with Crippen LogP contribution in [0.4, 0.5) is 0 Å². The highest BCUT2D eigenvalue weighted by atomic mass is 28.4. The second kappa shape index (κ2) is 7.74. The van der Waals surface area contributed by atoms with Crippen molar-refractivity contribution >= 4 is 9.05 Å². The van der Waals surface area contributed by atoms with E-state index < -0.39 is 9.05 Å². The van der Waals surface area contributed by atoms with E-state index in [1.807, 2.05) is 34.6 Å². The molecule has 19 heavy (non-hydrogen) atoms. The van der Waals surface area contributed by atoms with Crippen molar-refractivity contribution in [1.82, 2.24) is 0 Å². The van der Waals surface area contributed by atoms with Crippen LogP contribution in [0.5, 0.6) is 0 Å². The van der Waals surface area contributed by atoms with Gasteiger partial charge in [-0.3, -0.25) is 0 Å². The highest BCUT2D eigenvalue weighted by Gasteiger charge is 2.50. The fourth-order valence-electron chi connectivity index (χ4n) is 2.31. The molecule has 1 aliphatic rings. The van der Waals surface area contributed by atoms with Crippen LogP contribution in [0.2, 0.25) is 0 Å². The summed E-state index contributed by atoms with van der Waals surface area (Å²) in [6.45, 7) is 11.0. The third-order valence-electron chi connectivity index (χ3n) is 2.94. The van der Waals surface area contributed by atoms with Gasteiger partial charge >= 0.3 is 9.05 Å². The van der Waals surface area contributed by atoms with Gasteiger partial charge in [-0.15, -0.1) is 0 Å². The maximum absolute atomic E-state index is 6.21. The number of hydrogen-bond donors (Lipinski definition) is 0. The van der Waals surface area contributed by atoms with Crippen molar-refractivity contribution in [3.05, 3.63) is 0 Å². The molecule has 1 fully saturated rings. The smallest absolute Gasteiger partial charge is 0.351 e. The summed E-state index contributed by atoms with van der Waals surface area (Å²) in [6.07, 6.45) is 6.15. The van der Waals surface area contributed by atoms with E-state index in [1.54, 1.807) is 0 Å². The van der Waals surface area contributed by atoms with Crippen molar-refractivity contribution in [1.29, 1.82) is 0 Å². The van der Waals surface area contributed by atoms with E-state index in [1.165, 1.54) is 19.3 Å². The van der Waals surface area contributed by atoms with Gasteiger partial charge in [0, 0.05) is 13.2 Å². The fourth-order valence-corrected chi connectivity index (χ4v) is 4.79. The summed E-state index contributed by atoms with van der Waals surface area (Å²) in [5.41, 5.74) is -0.328. The van der Waals surface area contributed by atoms with Crippen LogP contribution in [0.25, 0.3) is 0 Å². The van der Waals surface area contributed by atoms with Crippen LogP contribution < -0.4 is 0 Å². The SMILES string of the molecule is CCO[Si](OCC)(OC1CCCCC1)OC(C)(C)C. The maximum atomic E-state index is 6.21. The molecule has 0 heterocycles. The van der Waals surface area contributed by atoms with Gasteiger partial charge in [0.25, 0.3) is 0 Å². The average molecular weight is 290 g/mol. The molecular formula is C14H30O4Si. The van der Waals surface area contributed by atoms with Gasteiger partial charge in [-0.1, -0.05) is 19.3 Å². The summed E-state index contributed by atoms with van der Waals surface area (Å²) in [5.74, 6) is 0. The Labute approximate surface area is 119 Å². The standard InChI is InChI=1S/C14H30O4Si/c1-6-15-19(16-7-2,18-14(3,4)5)17-13-11-9-8-10-12-13/h13H,6-12H2,1-5H3. The van der Waals surface area contributed by atoms with Gasteiger partial charge < -0.3 is 17.7 Å². The van der Waals surface area contributed by atoms with Gasteiger partial charge in [-0.2, -0.15) is 0 Å². The molecule has 1 rings (SSSR count). The summed E-state index contributed by atoms with van der Waals surface area (Å²) in [7, 11) is -3.02. The lowest BCUT2D eigenvalue weighted by molar-refractivity contribution is -0.0941. The minimum absolute atomic E-state index is 0.223. The normalized spacial score (nSPS) is 18.8. The van der Waals surface area contributed by atoms with Crippen molar-refractivity contribution in [3.8, 4) is 0 Å². The highest BCUT2D eigenvalue weighted by molar-refractivity contribution is 6.53. The first-order valence-electron chi connectivity index (χ1n) is 7.56. The molecule has 0 radical (unpaired) electrons. The molecule has 0 aromatic heterocycles. The van der Waals surface area contributed by atoms with Gasteiger partial charge in [0.2, 0.25) is 0 Å². The second-order valence-corrected chi connectivity index (χ2v) is 7.98. The van der Waals surface area contributed by atoms with Gasteiger partial charge in [-0.05, 0) is 47.5 Å². The van der Waals surface area contributed by atoms with Crippen molar-refractivity contribution < 1.29 is 17.7 Å². The van der Waals surface area contributed by atoms with E-state index in [-0.39, 0.29) is 11.7 Å². The molecule has 4 nitrogen and oxygen atoms in total. The van der Waals surface area contributed by atoms with Crippen molar-refractivity contribution in [2.45, 2.75) is 78.4 Å². The Kier molecular flexibility index (Phi) is 6.97. The monoisotopic (exact) mass is 290 g/mol. The zero-order chi connectivity index (χ0) is 14.4. The molecule has 0 amide bonds. The lowest BCUT2D eigenvalue weighted by atomic mass is 9.98. The topological polar surface area (TPSA) is 36.9 Å². The molecule has 0 atom stereocenters. The van der Waals surface area contributed by atoms with Gasteiger partial charge in [0.1, 0.15) is 0 Å². The van der Waals surface area contributed by atoms with Crippen molar-refractivity contribution in [2.75, 3.05) is 13.2 Å². The molecule has 0 bridgehead atoms. The third-order valence-corrected chi connectivity index (χ3v) is 5.71. The van der Waals surface area contributed by atoms with Crippen LogP contribution in [0.15, 0.2) is 0 Å². The number of hydrogen-bond acceptors (Lipinski definition) is 4. The summed E-state index contributed by atoms with van der Waals surface area (Å²) in [5, 5.41) is 0. The molecule has 0 saturated heterocycles.